The summed E-state index contributed by atoms with van der Waals surface area (Å²) in [5, 5.41) is 3.28. The maximum absolute atomic E-state index is 13.4. The van der Waals surface area contributed by atoms with Crippen molar-refractivity contribution in [3.05, 3.63) is 67.2 Å². The largest absolute Gasteiger partial charge is 0.306 e. The molecule has 5 heteroatoms. The van der Waals surface area contributed by atoms with Crippen LogP contribution in [-0.2, 0) is 0 Å². The first-order valence-corrected chi connectivity index (χ1v) is 8.02. The van der Waals surface area contributed by atoms with Gasteiger partial charge < -0.3 is 5.32 Å². The molecule has 1 N–H and O–H groups in total. The molecule has 0 fully saturated rings. The van der Waals surface area contributed by atoms with Crippen molar-refractivity contribution >= 4 is 38.5 Å². The fourth-order valence-corrected chi connectivity index (χ4v) is 3.11. The van der Waals surface area contributed by atoms with Crippen LogP contribution in [0.5, 0.6) is 0 Å². The zero-order valence-corrected chi connectivity index (χ0v) is 14.5. The standard InChI is InChI=1S/C15H13BrF2IN/c1-2-20-15(9-5-11(17)8-12(18)6-9)13-7-10(16)3-4-14(13)19/h3-8,15,20H,2H2,1H3. The van der Waals surface area contributed by atoms with Crippen LogP contribution in [0.15, 0.2) is 40.9 Å². The Balaban J connectivity index is 2.52. The SMILES string of the molecule is CCNC(c1cc(F)cc(F)c1)c1cc(Br)ccc1I. The van der Waals surface area contributed by atoms with Crippen LogP contribution in [0.3, 0.4) is 0 Å². The van der Waals surface area contributed by atoms with Gasteiger partial charge in [-0.05, 0) is 70.6 Å². The molecule has 106 valence electrons. The van der Waals surface area contributed by atoms with Crippen LogP contribution < -0.4 is 5.32 Å². The lowest BCUT2D eigenvalue weighted by Crippen LogP contribution is -2.23. The van der Waals surface area contributed by atoms with E-state index >= 15 is 0 Å². The Morgan fingerprint density at radius 3 is 2.40 bits per heavy atom. The average molecular weight is 452 g/mol. The minimum atomic E-state index is -0.562. The van der Waals surface area contributed by atoms with Gasteiger partial charge in [0.1, 0.15) is 11.6 Å². The molecule has 0 radical (unpaired) electrons. The minimum absolute atomic E-state index is 0.241. The maximum Gasteiger partial charge on any atom is 0.126 e. The number of nitrogens with one attached hydrogen (secondary N) is 1. The van der Waals surface area contributed by atoms with Crippen LogP contribution in [0.2, 0.25) is 0 Å². The third kappa shape index (κ3) is 3.77. The summed E-state index contributed by atoms with van der Waals surface area (Å²) in [6, 6.07) is 9.27. The van der Waals surface area contributed by atoms with Crippen LogP contribution >= 0.6 is 38.5 Å². The number of rotatable bonds is 4. The van der Waals surface area contributed by atoms with E-state index < -0.39 is 11.6 Å². The molecule has 0 spiro atoms. The molecule has 0 aliphatic heterocycles. The Hall–Kier alpha value is -0.530. The second kappa shape index (κ2) is 6.95. The molecule has 2 aromatic carbocycles. The fourth-order valence-electron chi connectivity index (χ4n) is 2.09. The van der Waals surface area contributed by atoms with Gasteiger partial charge in [0.2, 0.25) is 0 Å². The Morgan fingerprint density at radius 2 is 1.80 bits per heavy atom. The van der Waals surface area contributed by atoms with Crippen LogP contribution in [0.25, 0.3) is 0 Å². The molecule has 1 unspecified atom stereocenters. The van der Waals surface area contributed by atoms with E-state index in [1.165, 1.54) is 12.1 Å². The summed E-state index contributed by atoms with van der Waals surface area (Å²) in [6.45, 7) is 2.67. The second-order valence-electron chi connectivity index (χ2n) is 4.36. The Labute approximate surface area is 139 Å². The summed E-state index contributed by atoms with van der Waals surface area (Å²) in [5.41, 5.74) is 1.58. The molecule has 0 heterocycles. The van der Waals surface area contributed by atoms with Crippen molar-refractivity contribution in [3.8, 4) is 0 Å². The zero-order chi connectivity index (χ0) is 14.7. The second-order valence-corrected chi connectivity index (χ2v) is 6.44. The third-order valence-electron chi connectivity index (χ3n) is 2.90. The smallest absolute Gasteiger partial charge is 0.126 e. The Morgan fingerprint density at radius 1 is 1.15 bits per heavy atom. The summed E-state index contributed by atoms with van der Waals surface area (Å²) >= 11 is 5.67. The minimum Gasteiger partial charge on any atom is -0.306 e. The van der Waals surface area contributed by atoms with E-state index in [1.54, 1.807) is 0 Å². The molecular weight excluding hydrogens is 439 g/mol. The van der Waals surface area contributed by atoms with Gasteiger partial charge in [-0.15, -0.1) is 0 Å². The van der Waals surface area contributed by atoms with Gasteiger partial charge >= 0.3 is 0 Å². The summed E-state index contributed by atoms with van der Waals surface area (Å²) in [4.78, 5) is 0. The van der Waals surface area contributed by atoms with E-state index in [4.69, 9.17) is 0 Å². The highest BCUT2D eigenvalue weighted by atomic mass is 127. The Bertz CT molecular complexity index is 599. The highest BCUT2D eigenvalue weighted by molar-refractivity contribution is 14.1. The van der Waals surface area contributed by atoms with Crippen molar-refractivity contribution in [2.45, 2.75) is 13.0 Å². The van der Waals surface area contributed by atoms with Gasteiger partial charge in [-0.25, -0.2) is 8.78 Å². The molecule has 1 atom stereocenters. The predicted octanol–water partition coefficient (Wildman–Crippen LogP) is 5.03. The molecule has 0 saturated heterocycles. The molecule has 0 aromatic heterocycles. The molecule has 0 bridgehead atoms. The topological polar surface area (TPSA) is 12.0 Å². The molecular formula is C15H13BrF2IN. The van der Waals surface area contributed by atoms with Crippen molar-refractivity contribution in [1.82, 2.24) is 5.32 Å². The molecule has 20 heavy (non-hydrogen) atoms. The number of hydrogen-bond donors (Lipinski definition) is 1. The first-order valence-electron chi connectivity index (χ1n) is 6.15. The van der Waals surface area contributed by atoms with Gasteiger partial charge in [0.15, 0.2) is 0 Å². The maximum atomic E-state index is 13.4. The van der Waals surface area contributed by atoms with Gasteiger partial charge in [-0.2, -0.15) is 0 Å². The van der Waals surface area contributed by atoms with Gasteiger partial charge in [0.25, 0.3) is 0 Å². The van der Waals surface area contributed by atoms with Crippen molar-refractivity contribution in [1.29, 1.82) is 0 Å². The lowest BCUT2D eigenvalue weighted by atomic mass is 9.98. The molecule has 1 nitrogen and oxygen atoms in total. The Kier molecular flexibility index (Phi) is 5.51. The van der Waals surface area contributed by atoms with E-state index in [9.17, 15) is 8.78 Å². The first-order chi connectivity index (χ1) is 9.51. The summed E-state index contributed by atoms with van der Waals surface area (Å²) in [7, 11) is 0. The summed E-state index contributed by atoms with van der Waals surface area (Å²) in [5.74, 6) is -1.12. The quantitative estimate of drug-likeness (QED) is 0.643. The first kappa shape index (κ1) is 15.9. The van der Waals surface area contributed by atoms with Gasteiger partial charge in [-0.1, -0.05) is 22.9 Å². The van der Waals surface area contributed by atoms with Crippen LogP contribution in [0, 0.1) is 15.2 Å². The molecule has 0 amide bonds. The monoisotopic (exact) mass is 451 g/mol. The molecule has 0 saturated carbocycles. The van der Waals surface area contributed by atoms with E-state index in [0.29, 0.717) is 12.1 Å². The van der Waals surface area contributed by atoms with Gasteiger partial charge in [-0.3, -0.25) is 0 Å². The van der Waals surface area contributed by atoms with Crippen LogP contribution in [0.4, 0.5) is 8.78 Å². The van der Waals surface area contributed by atoms with Crippen molar-refractivity contribution in [3.63, 3.8) is 0 Å². The molecule has 2 rings (SSSR count). The highest BCUT2D eigenvalue weighted by Gasteiger charge is 2.17. The molecule has 0 aliphatic carbocycles. The number of hydrogen-bond acceptors (Lipinski definition) is 1. The van der Waals surface area contributed by atoms with Gasteiger partial charge in [0.05, 0.1) is 6.04 Å². The highest BCUT2D eigenvalue weighted by Crippen LogP contribution is 2.29. The van der Waals surface area contributed by atoms with E-state index in [1.807, 2.05) is 25.1 Å². The van der Waals surface area contributed by atoms with E-state index in [0.717, 1.165) is 19.7 Å². The predicted molar refractivity (Wildman–Crippen MR) is 88.7 cm³/mol. The lowest BCUT2D eigenvalue weighted by Gasteiger charge is -2.21. The van der Waals surface area contributed by atoms with Crippen molar-refractivity contribution < 1.29 is 8.78 Å². The normalized spacial score (nSPS) is 12.4. The summed E-state index contributed by atoms with van der Waals surface area (Å²) < 4.78 is 28.9. The van der Waals surface area contributed by atoms with E-state index in [-0.39, 0.29) is 6.04 Å². The zero-order valence-electron chi connectivity index (χ0n) is 10.8. The summed E-state index contributed by atoms with van der Waals surface area (Å²) in [6.07, 6.45) is 0. The van der Waals surface area contributed by atoms with Crippen molar-refractivity contribution in [2.75, 3.05) is 6.54 Å². The average Bonchev–Trinajstić information content (AvgIpc) is 2.38. The molecule has 0 aliphatic rings. The van der Waals surface area contributed by atoms with E-state index in [2.05, 4.69) is 43.8 Å². The van der Waals surface area contributed by atoms with Gasteiger partial charge in [0, 0.05) is 14.1 Å². The van der Waals surface area contributed by atoms with Crippen LogP contribution in [-0.4, -0.2) is 6.54 Å². The van der Waals surface area contributed by atoms with Crippen LogP contribution in [0.1, 0.15) is 24.1 Å². The molecule has 2 aromatic rings. The number of halogens is 4. The third-order valence-corrected chi connectivity index (χ3v) is 4.37. The van der Waals surface area contributed by atoms with Crippen molar-refractivity contribution in [2.24, 2.45) is 0 Å². The fraction of sp³-hybridized carbons (Fsp3) is 0.200. The number of benzene rings is 2. The lowest BCUT2D eigenvalue weighted by molar-refractivity contribution is 0.565.